The van der Waals surface area contributed by atoms with Crippen LogP contribution in [0.3, 0.4) is 0 Å². The van der Waals surface area contributed by atoms with Crippen molar-refractivity contribution in [2.75, 3.05) is 13.1 Å². The molecule has 2 fully saturated rings. The van der Waals surface area contributed by atoms with Crippen molar-refractivity contribution < 1.29 is 9.59 Å². The molecule has 1 spiro atoms. The number of nitrogens with one attached hydrogen (secondary N) is 1. The SMILES string of the molecule is O=C(c1n[nH]c2c1CCC2)N1CCCC12CCCN(Cc1ccccn1)C2=O. The third kappa shape index (κ3) is 2.64. The molecule has 0 bridgehead atoms. The summed E-state index contributed by atoms with van der Waals surface area (Å²) in [5.74, 6) is -0.00706. The maximum atomic E-state index is 13.5. The van der Waals surface area contributed by atoms with Crippen LogP contribution < -0.4 is 0 Å². The van der Waals surface area contributed by atoms with E-state index in [0.29, 0.717) is 18.8 Å². The Kier molecular flexibility index (Phi) is 4.18. The van der Waals surface area contributed by atoms with Crippen molar-refractivity contribution >= 4 is 11.8 Å². The second kappa shape index (κ2) is 6.72. The van der Waals surface area contributed by atoms with E-state index in [1.165, 1.54) is 0 Å². The smallest absolute Gasteiger partial charge is 0.275 e. The number of pyridine rings is 1. The van der Waals surface area contributed by atoms with E-state index in [2.05, 4.69) is 15.2 Å². The van der Waals surface area contributed by atoms with E-state index >= 15 is 0 Å². The van der Waals surface area contributed by atoms with Crippen LogP contribution in [0.2, 0.25) is 0 Å². The van der Waals surface area contributed by atoms with Gasteiger partial charge in [0.2, 0.25) is 5.91 Å². The predicted molar refractivity (Wildman–Crippen MR) is 103 cm³/mol. The van der Waals surface area contributed by atoms with Gasteiger partial charge in [-0.1, -0.05) is 6.07 Å². The Balaban J connectivity index is 1.42. The molecule has 28 heavy (non-hydrogen) atoms. The summed E-state index contributed by atoms with van der Waals surface area (Å²) in [5, 5.41) is 7.35. The number of rotatable bonds is 3. The van der Waals surface area contributed by atoms with Gasteiger partial charge in [0.1, 0.15) is 5.54 Å². The fraction of sp³-hybridized carbons (Fsp3) is 0.524. The van der Waals surface area contributed by atoms with Gasteiger partial charge in [0.05, 0.1) is 12.2 Å². The maximum Gasteiger partial charge on any atom is 0.275 e. The lowest BCUT2D eigenvalue weighted by molar-refractivity contribution is -0.146. The highest BCUT2D eigenvalue weighted by molar-refractivity contribution is 6.00. The summed E-state index contributed by atoms with van der Waals surface area (Å²) < 4.78 is 0. The first-order chi connectivity index (χ1) is 13.7. The van der Waals surface area contributed by atoms with Gasteiger partial charge in [-0.3, -0.25) is 19.7 Å². The number of H-pyrrole nitrogens is 1. The molecule has 2 aromatic rings. The van der Waals surface area contributed by atoms with Crippen molar-refractivity contribution in [1.82, 2.24) is 25.0 Å². The minimum Gasteiger partial charge on any atom is -0.335 e. The van der Waals surface area contributed by atoms with Gasteiger partial charge in [0.15, 0.2) is 5.69 Å². The third-order valence-corrected chi connectivity index (χ3v) is 6.53. The van der Waals surface area contributed by atoms with Crippen LogP contribution in [-0.2, 0) is 24.2 Å². The number of hydrogen-bond donors (Lipinski definition) is 1. The molecule has 2 aromatic heterocycles. The summed E-state index contributed by atoms with van der Waals surface area (Å²) in [6.07, 6.45) is 7.91. The minimum absolute atomic E-state index is 0.0717. The first-order valence-corrected chi connectivity index (χ1v) is 10.3. The monoisotopic (exact) mass is 379 g/mol. The van der Waals surface area contributed by atoms with Crippen LogP contribution in [0.15, 0.2) is 24.4 Å². The number of nitrogens with zero attached hydrogens (tertiary/aromatic N) is 4. The largest absolute Gasteiger partial charge is 0.335 e. The topological polar surface area (TPSA) is 82.2 Å². The molecule has 3 aliphatic rings. The number of carbonyl (C=O) groups excluding carboxylic acids is 2. The standard InChI is InChI=1S/C21H25N5O2/c27-19(18-16-7-3-8-17(16)23-24-18)26-13-5-10-21(26)9-4-12-25(20(21)28)14-15-6-1-2-11-22-15/h1-2,6,11H,3-5,7-10,12-14H2,(H,23,24). The summed E-state index contributed by atoms with van der Waals surface area (Å²) >= 11 is 0. The molecule has 5 rings (SSSR count). The van der Waals surface area contributed by atoms with Gasteiger partial charge in [0.25, 0.3) is 5.91 Å². The number of amides is 2. The van der Waals surface area contributed by atoms with Gasteiger partial charge in [-0.2, -0.15) is 5.10 Å². The molecule has 1 N–H and O–H groups in total. The number of piperidine rings is 1. The Labute approximate surface area is 164 Å². The molecule has 2 saturated heterocycles. The summed E-state index contributed by atoms with van der Waals surface area (Å²) in [4.78, 5) is 35.0. The van der Waals surface area contributed by atoms with E-state index in [-0.39, 0.29) is 11.8 Å². The van der Waals surface area contributed by atoms with Crippen molar-refractivity contribution in [3.63, 3.8) is 0 Å². The van der Waals surface area contributed by atoms with Crippen molar-refractivity contribution in [2.24, 2.45) is 0 Å². The summed E-state index contributed by atoms with van der Waals surface area (Å²) in [6.45, 7) is 1.85. The summed E-state index contributed by atoms with van der Waals surface area (Å²) in [7, 11) is 0. The molecule has 1 unspecified atom stereocenters. The van der Waals surface area contributed by atoms with E-state index in [1.54, 1.807) is 6.20 Å². The van der Waals surface area contributed by atoms with E-state index in [1.807, 2.05) is 28.0 Å². The van der Waals surface area contributed by atoms with E-state index in [0.717, 1.165) is 68.4 Å². The Morgan fingerprint density at radius 3 is 2.82 bits per heavy atom. The molecule has 2 amide bonds. The Morgan fingerprint density at radius 2 is 2.00 bits per heavy atom. The molecular formula is C21H25N5O2. The molecule has 0 saturated carbocycles. The lowest BCUT2D eigenvalue weighted by atomic mass is 9.85. The molecule has 2 aliphatic heterocycles. The molecule has 0 aromatic carbocycles. The van der Waals surface area contributed by atoms with Crippen LogP contribution in [0.1, 0.15) is 59.5 Å². The third-order valence-electron chi connectivity index (χ3n) is 6.53. The van der Waals surface area contributed by atoms with Crippen LogP contribution in [-0.4, -0.2) is 55.4 Å². The van der Waals surface area contributed by atoms with Crippen LogP contribution in [0, 0.1) is 0 Å². The highest BCUT2D eigenvalue weighted by atomic mass is 16.2. The molecule has 7 heteroatoms. The zero-order valence-electron chi connectivity index (χ0n) is 16.0. The van der Waals surface area contributed by atoms with Crippen molar-refractivity contribution in [2.45, 2.75) is 57.0 Å². The van der Waals surface area contributed by atoms with E-state index < -0.39 is 5.54 Å². The number of carbonyl (C=O) groups is 2. The van der Waals surface area contributed by atoms with Crippen LogP contribution >= 0.6 is 0 Å². The van der Waals surface area contributed by atoms with Gasteiger partial charge in [0, 0.05) is 30.5 Å². The number of fused-ring (bicyclic) bond motifs is 1. The molecule has 146 valence electrons. The second-order valence-electron chi connectivity index (χ2n) is 8.13. The average molecular weight is 379 g/mol. The first kappa shape index (κ1) is 17.4. The van der Waals surface area contributed by atoms with E-state index in [9.17, 15) is 9.59 Å². The zero-order valence-corrected chi connectivity index (χ0v) is 16.0. The minimum atomic E-state index is -0.714. The van der Waals surface area contributed by atoms with Gasteiger partial charge in [-0.25, -0.2) is 0 Å². The van der Waals surface area contributed by atoms with E-state index in [4.69, 9.17) is 0 Å². The number of hydrogen-bond acceptors (Lipinski definition) is 4. The normalized spacial score (nSPS) is 24.2. The molecule has 4 heterocycles. The fourth-order valence-corrected chi connectivity index (χ4v) is 5.18. The number of aromatic amines is 1. The van der Waals surface area contributed by atoms with Crippen LogP contribution in [0.25, 0.3) is 0 Å². The molecule has 1 aliphatic carbocycles. The Morgan fingerprint density at radius 1 is 1.14 bits per heavy atom. The van der Waals surface area contributed by atoms with Crippen molar-refractivity contribution in [3.05, 3.63) is 47.0 Å². The number of likely N-dealkylation sites (tertiary alicyclic amines) is 2. The lowest BCUT2D eigenvalue weighted by Gasteiger charge is -2.44. The van der Waals surface area contributed by atoms with Gasteiger partial charge in [-0.15, -0.1) is 0 Å². The predicted octanol–water partition coefficient (Wildman–Crippen LogP) is 2.09. The molecule has 0 radical (unpaired) electrons. The van der Waals surface area contributed by atoms with Gasteiger partial charge >= 0.3 is 0 Å². The van der Waals surface area contributed by atoms with Crippen molar-refractivity contribution in [3.8, 4) is 0 Å². The quantitative estimate of drug-likeness (QED) is 0.885. The second-order valence-corrected chi connectivity index (χ2v) is 8.13. The Bertz CT molecular complexity index is 909. The maximum absolute atomic E-state index is 13.5. The van der Waals surface area contributed by atoms with Gasteiger partial charge < -0.3 is 9.80 Å². The molecule has 1 atom stereocenters. The van der Waals surface area contributed by atoms with Crippen molar-refractivity contribution in [1.29, 1.82) is 0 Å². The highest BCUT2D eigenvalue weighted by Crippen LogP contribution is 2.40. The van der Waals surface area contributed by atoms with Crippen LogP contribution in [0.4, 0.5) is 0 Å². The number of aromatic nitrogens is 3. The zero-order chi connectivity index (χ0) is 19.1. The van der Waals surface area contributed by atoms with Gasteiger partial charge in [-0.05, 0) is 57.1 Å². The fourth-order valence-electron chi connectivity index (χ4n) is 5.18. The first-order valence-electron chi connectivity index (χ1n) is 10.3. The summed E-state index contributed by atoms with van der Waals surface area (Å²) in [5.41, 5.74) is 2.84. The number of aryl methyl sites for hydroxylation is 1. The average Bonchev–Trinajstić information content (AvgIpc) is 3.42. The van der Waals surface area contributed by atoms with Crippen LogP contribution in [0.5, 0.6) is 0 Å². The summed E-state index contributed by atoms with van der Waals surface area (Å²) in [6, 6.07) is 5.76. The molecular weight excluding hydrogens is 354 g/mol. The lowest BCUT2D eigenvalue weighted by Crippen LogP contribution is -2.61. The Hall–Kier alpha value is -2.70. The molecule has 7 nitrogen and oxygen atoms in total. The highest BCUT2D eigenvalue weighted by Gasteiger charge is 2.53.